The van der Waals surface area contributed by atoms with Crippen LogP contribution in [0.2, 0.25) is 0 Å². The van der Waals surface area contributed by atoms with E-state index in [0.717, 1.165) is 14.3 Å². The zero-order valence-electron chi connectivity index (χ0n) is 14.5. The van der Waals surface area contributed by atoms with E-state index in [1.807, 2.05) is 6.07 Å². The molecule has 2 aromatic rings. The Morgan fingerprint density at radius 3 is 2.19 bits per heavy atom. The molecule has 2 N–H and O–H groups in total. The molecule has 1 atom stereocenters. The zero-order chi connectivity index (χ0) is 19.3. The van der Waals surface area contributed by atoms with Gasteiger partial charge in [0.1, 0.15) is 6.04 Å². The highest BCUT2D eigenvalue weighted by Crippen LogP contribution is 2.26. The quantitative estimate of drug-likeness (QED) is 0.511. The van der Waals surface area contributed by atoms with E-state index in [0.29, 0.717) is 0 Å². The number of hydrogen-bond acceptors (Lipinski definition) is 4. The molecule has 0 saturated carbocycles. The summed E-state index contributed by atoms with van der Waals surface area (Å²) in [6.07, 6.45) is 0. The second-order valence-corrected chi connectivity index (χ2v) is 8.96. The van der Waals surface area contributed by atoms with Crippen molar-refractivity contribution in [3.8, 4) is 0 Å². The molecule has 8 heteroatoms. The van der Waals surface area contributed by atoms with Crippen molar-refractivity contribution in [3.05, 3.63) is 64.6 Å². The first kappa shape index (κ1) is 20.6. The lowest BCUT2D eigenvalue weighted by Gasteiger charge is -2.32. The highest BCUT2D eigenvalue weighted by molar-refractivity contribution is 9.10. The summed E-state index contributed by atoms with van der Waals surface area (Å²) in [5, 5.41) is 9.11. The van der Waals surface area contributed by atoms with Gasteiger partial charge in [-0.15, -0.1) is 0 Å². The van der Waals surface area contributed by atoms with Crippen LogP contribution in [0.15, 0.2) is 64.0 Å². The van der Waals surface area contributed by atoms with Crippen molar-refractivity contribution < 1.29 is 18.4 Å². The molecule has 0 bridgehead atoms. The molecule has 0 heterocycles. The number of carbonyl (C=O) groups is 1. The maximum atomic E-state index is 13.3. The Morgan fingerprint density at radius 2 is 1.69 bits per heavy atom. The third-order valence-corrected chi connectivity index (χ3v) is 6.29. The summed E-state index contributed by atoms with van der Waals surface area (Å²) >= 11 is 3.28. The van der Waals surface area contributed by atoms with Crippen LogP contribution in [0.25, 0.3) is 0 Å². The number of carbonyl (C=O) groups excluding carboxylic acids is 1. The lowest BCUT2D eigenvalue weighted by Crippen LogP contribution is -2.51. The number of hydroxylamine groups is 1. The predicted octanol–water partition coefficient (Wildman–Crippen LogP) is 3.17. The van der Waals surface area contributed by atoms with Crippen LogP contribution in [-0.4, -0.2) is 29.9 Å². The van der Waals surface area contributed by atoms with Gasteiger partial charge in [0.25, 0.3) is 5.91 Å². The van der Waals surface area contributed by atoms with Crippen molar-refractivity contribution in [3.63, 3.8) is 0 Å². The number of nitrogens with one attached hydrogen (secondary N) is 1. The normalized spacial score (nSPS) is 13.0. The number of hydrogen-bond donors (Lipinski definition) is 2. The van der Waals surface area contributed by atoms with Crippen molar-refractivity contribution in [2.24, 2.45) is 5.92 Å². The van der Waals surface area contributed by atoms with Gasteiger partial charge in [0.2, 0.25) is 10.0 Å². The van der Waals surface area contributed by atoms with E-state index in [9.17, 15) is 13.2 Å². The van der Waals surface area contributed by atoms with Gasteiger partial charge < -0.3 is 0 Å². The molecule has 6 nitrogen and oxygen atoms in total. The molecule has 0 spiro atoms. The molecule has 26 heavy (non-hydrogen) atoms. The molecule has 1 amide bonds. The molecule has 2 aromatic carbocycles. The predicted molar refractivity (Wildman–Crippen MR) is 102 cm³/mol. The van der Waals surface area contributed by atoms with Gasteiger partial charge in [-0.25, -0.2) is 13.9 Å². The Kier molecular flexibility index (Phi) is 6.94. The van der Waals surface area contributed by atoms with Gasteiger partial charge in [-0.05, 0) is 35.7 Å². The summed E-state index contributed by atoms with van der Waals surface area (Å²) in [5.41, 5.74) is 2.33. The van der Waals surface area contributed by atoms with Gasteiger partial charge in [-0.2, -0.15) is 4.31 Å². The molecular weight excluding hydrogens is 420 g/mol. The van der Waals surface area contributed by atoms with Crippen molar-refractivity contribution in [1.82, 2.24) is 9.79 Å². The van der Waals surface area contributed by atoms with Gasteiger partial charge in [-0.1, -0.05) is 60.1 Å². The van der Waals surface area contributed by atoms with Crippen LogP contribution in [0.1, 0.15) is 19.4 Å². The molecule has 0 radical (unpaired) electrons. The summed E-state index contributed by atoms with van der Waals surface area (Å²) in [4.78, 5) is 12.3. The van der Waals surface area contributed by atoms with E-state index in [-0.39, 0.29) is 17.4 Å². The average Bonchev–Trinajstić information content (AvgIpc) is 2.62. The fourth-order valence-electron chi connectivity index (χ4n) is 2.67. The molecule has 0 aliphatic rings. The summed E-state index contributed by atoms with van der Waals surface area (Å²) in [5.74, 6) is -1.12. The smallest absolute Gasteiger partial charge is 0.262 e. The summed E-state index contributed by atoms with van der Waals surface area (Å²) in [6, 6.07) is 14.2. The Labute approximate surface area is 162 Å². The minimum Gasteiger partial charge on any atom is -0.289 e. The van der Waals surface area contributed by atoms with Crippen LogP contribution in [-0.2, 0) is 21.4 Å². The highest BCUT2D eigenvalue weighted by Gasteiger charge is 2.37. The summed E-state index contributed by atoms with van der Waals surface area (Å²) in [7, 11) is -3.97. The van der Waals surface area contributed by atoms with Crippen molar-refractivity contribution >= 4 is 31.9 Å². The highest BCUT2D eigenvalue weighted by atomic mass is 79.9. The first-order valence-electron chi connectivity index (χ1n) is 8.02. The van der Waals surface area contributed by atoms with Gasteiger partial charge >= 0.3 is 0 Å². The van der Waals surface area contributed by atoms with Gasteiger partial charge in [-0.3, -0.25) is 10.0 Å². The third kappa shape index (κ3) is 4.70. The van der Waals surface area contributed by atoms with Crippen LogP contribution >= 0.6 is 15.9 Å². The van der Waals surface area contributed by atoms with Gasteiger partial charge in [0, 0.05) is 11.0 Å². The van der Waals surface area contributed by atoms with Gasteiger partial charge in [0.05, 0.1) is 4.90 Å². The van der Waals surface area contributed by atoms with E-state index in [2.05, 4.69) is 15.9 Å². The fraction of sp³-hybridized carbons (Fsp3) is 0.278. The maximum Gasteiger partial charge on any atom is 0.262 e. The number of nitrogens with zero attached hydrogens (tertiary/aromatic N) is 1. The number of benzene rings is 2. The summed E-state index contributed by atoms with van der Waals surface area (Å²) in [6.45, 7) is 3.47. The molecule has 0 unspecified atom stereocenters. The first-order valence-corrected chi connectivity index (χ1v) is 10.3. The van der Waals surface area contributed by atoms with E-state index in [4.69, 9.17) is 5.21 Å². The Bertz CT molecular complexity index is 839. The molecule has 0 fully saturated rings. The molecule has 140 valence electrons. The lowest BCUT2D eigenvalue weighted by molar-refractivity contribution is -0.134. The van der Waals surface area contributed by atoms with Crippen LogP contribution < -0.4 is 5.48 Å². The maximum absolute atomic E-state index is 13.3. The monoisotopic (exact) mass is 440 g/mol. The molecule has 0 aliphatic carbocycles. The van der Waals surface area contributed by atoms with E-state index in [1.54, 1.807) is 55.7 Å². The molecular formula is C18H21BrN2O4S. The van der Waals surface area contributed by atoms with Crippen LogP contribution in [0.3, 0.4) is 0 Å². The first-order chi connectivity index (χ1) is 12.3. The van der Waals surface area contributed by atoms with Crippen molar-refractivity contribution in [1.29, 1.82) is 0 Å². The zero-order valence-corrected chi connectivity index (χ0v) is 16.9. The second-order valence-electron chi connectivity index (χ2n) is 6.15. The Morgan fingerprint density at radius 1 is 1.12 bits per heavy atom. The average molecular weight is 441 g/mol. The second kappa shape index (κ2) is 8.77. The van der Waals surface area contributed by atoms with Crippen LogP contribution in [0, 0.1) is 5.92 Å². The summed E-state index contributed by atoms with van der Waals surface area (Å²) < 4.78 is 28.4. The number of sulfonamides is 1. The fourth-order valence-corrected chi connectivity index (χ4v) is 4.64. The Balaban J connectivity index is 2.54. The van der Waals surface area contributed by atoms with E-state index >= 15 is 0 Å². The SMILES string of the molecule is CC(C)[C@@H](C(=O)NO)N(Cc1ccccc1)S(=O)(=O)c1ccc(Br)cc1. The Hall–Kier alpha value is -1.74. The molecule has 0 saturated heterocycles. The van der Waals surface area contributed by atoms with Crippen molar-refractivity contribution in [2.45, 2.75) is 31.3 Å². The molecule has 0 aliphatic heterocycles. The van der Waals surface area contributed by atoms with Gasteiger partial charge in [0.15, 0.2) is 0 Å². The molecule has 0 aromatic heterocycles. The standard InChI is InChI=1S/C18H21BrN2O4S/c1-13(2)17(18(22)20-23)21(12-14-6-4-3-5-7-14)26(24,25)16-10-8-15(19)9-11-16/h3-11,13,17,23H,12H2,1-2H3,(H,20,22)/t17-/m0/s1. The van der Waals surface area contributed by atoms with Crippen LogP contribution in [0.5, 0.6) is 0 Å². The molecule has 2 rings (SSSR count). The topological polar surface area (TPSA) is 86.7 Å². The van der Waals surface area contributed by atoms with E-state index in [1.165, 1.54) is 12.1 Å². The minimum absolute atomic E-state index is 0.00943. The largest absolute Gasteiger partial charge is 0.289 e. The van der Waals surface area contributed by atoms with Crippen LogP contribution in [0.4, 0.5) is 0 Å². The van der Waals surface area contributed by atoms with Crippen molar-refractivity contribution in [2.75, 3.05) is 0 Å². The van der Waals surface area contributed by atoms with E-state index < -0.39 is 22.0 Å². The number of rotatable bonds is 7. The minimum atomic E-state index is -3.97. The lowest BCUT2D eigenvalue weighted by atomic mass is 10.0. The number of halogens is 1. The number of amides is 1. The third-order valence-electron chi connectivity index (χ3n) is 3.92.